The molecule has 0 unspecified atom stereocenters. The van der Waals surface area contributed by atoms with Crippen molar-refractivity contribution in [1.82, 2.24) is 4.98 Å². The summed E-state index contributed by atoms with van der Waals surface area (Å²) in [5, 5.41) is 1.16. The SMILES string of the molecule is CS(=O)(=O)Nc1ccc(Cc2nc3c(s2)CCCC3)cc1. The Morgan fingerprint density at radius 3 is 2.57 bits per heavy atom. The first-order valence-electron chi connectivity index (χ1n) is 7.04. The molecule has 3 rings (SSSR count). The lowest BCUT2D eigenvalue weighted by atomic mass is 10.0. The van der Waals surface area contributed by atoms with Gasteiger partial charge in [0.1, 0.15) is 0 Å². The topological polar surface area (TPSA) is 59.1 Å². The molecule has 2 aromatic rings. The maximum Gasteiger partial charge on any atom is 0.229 e. The average Bonchev–Trinajstić information content (AvgIpc) is 2.81. The summed E-state index contributed by atoms with van der Waals surface area (Å²) in [6.07, 6.45) is 6.79. The quantitative estimate of drug-likeness (QED) is 0.941. The van der Waals surface area contributed by atoms with Crippen LogP contribution in [0.1, 0.15) is 34.0 Å². The van der Waals surface area contributed by atoms with Crippen LogP contribution in [0, 0.1) is 0 Å². The Hall–Kier alpha value is -1.40. The molecule has 4 nitrogen and oxygen atoms in total. The van der Waals surface area contributed by atoms with Crippen LogP contribution in [0.25, 0.3) is 0 Å². The zero-order valence-electron chi connectivity index (χ0n) is 11.9. The van der Waals surface area contributed by atoms with Crippen molar-refractivity contribution in [2.24, 2.45) is 0 Å². The Morgan fingerprint density at radius 2 is 1.90 bits per heavy atom. The third-order valence-electron chi connectivity index (χ3n) is 3.50. The molecule has 0 saturated heterocycles. The van der Waals surface area contributed by atoms with E-state index in [0.29, 0.717) is 5.69 Å². The van der Waals surface area contributed by atoms with Crippen molar-refractivity contribution in [3.05, 3.63) is 45.4 Å². The Balaban J connectivity index is 1.71. The number of hydrogen-bond donors (Lipinski definition) is 1. The van der Waals surface area contributed by atoms with Gasteiger partial charge in [-0.05, 0) is 43.4 Å². The van der Waals surface area contributed by atoms with Crippen LogP contribution in [0.4, 0.5) is 5.69 Å². The third kappa shape index (κ3) is 3.83. The van der Waals surface area contributed by atoms with Crippen LogP contribution in [0.2, 0.25) is 0 Å². The van der Waals surface area contributed by atoms with E-state index < -0.39 is 10.0 Å². The van der Waals surface area contributed by atoms with Gasteiger partial charge in [0.15, 0.2) is 0 Å². The number of aromatic nitrogens is 1. The molecule has 0 radical (unpaired) electrons. The second-order valence-corrected chi connectivity index (χ2v) is 8.35. The molecule has 0 aliphatic heterocycles. The first kappa shape index (κ1) is 14.5. The van der Waals surface area contributed by atoms with E-state index in [-0.39, 0.29) is 0 Å². The fourth-order valence-electron chi connectivity index (χ4n) is 2.56. The third-order valence-corrected chi connectivity index (χ3v) is 5.27. The molecule has 1 aliphatic rings. The second kappa shape index (κ2) is 5.77. The van der Waals surface area contributed by atoms with Gasteiger partial charge in [-0.25, -0.2) is 13.4 Å². The van der Waals surface area contributed by atoms with Gasteiger partial charge < -0.3 is 0 Å². The molecule has 1 N–H and O–H groups in total. The number of thiazole rings is 1. The van der Waals surface area contributed by atoms with Gasteiger partial charge in [-0.2, -0.15) is 0 Å². The number of fused-ring (bicyclic) bond motifs is 1. The molecule has 1 heterocycles. The van der Waals surface area contributed by atoms with Crippen LogP contribution in [-0.4, -0.2) is 19.7 Å². The normalized spacial score (nSPS) is 14.7. The van der Waals surface area contributed by atoms with E-state index in [0.717, 1.165) is 29.7 Å². The van der Waals surface area contributed by atoms with E-state index in [1.165, 1.54) is 29.8 Å². The minimum absolute atomic E-state index is 0.597. The van der Waals surface area contributed by atoms with Crippen molar-refractivity contribution in [2.45, 2.75) is 32.1 Å². The Morgan fingerprint density at radius 1 is 1.19 bits per heavy atom. The monoisotopic (exact) mass is 322 g/mol. The average molecular weight is 322 g/mol. The number of nitrogens with one attached hydrogen (secondary N) is 1. The molecule has 1 aromatic heterocycles. The van der Waals surface area contributed by atoms with Crippen LogP contribution in [-0.2, 0) is 29.3 Å². The van der Waals surface area contributed by atoms with Crippen molar-refractivity contribution in [1.29, 1.82) is 0 Å². The number of benzene rings is 1. The zero-order valence-corrected chi connectivity index (χ0v) is 13.6. The highest BCUT2D eigenvalue weighted by Crippen LogP contribution is 2.28. The van der Waals surface area contributed by atoms with Crippen molar-refractivity contribution >= 4 is 27.0 Å². The highest BCUT2D eigenvalue weighted by atomic mass is 32.2. The van der Waals surface area contributed by atoms with Crippen LogP contribution >= 0.6 is 11.3 Å². The van der Waals surface area contributed by atoms with Crippen LogP contribution < -0.4 is 4.72 Å². The summed E-state index contributed by atoms with van der Waals surface area (Å²) in [5.41, 5.74) is 3.04. The van der Waals surface area contributed by atoms with E-state index >= 15 is 0 Å². The molecular weight excluding hydrogens is 304 g/mol. The summed E-state index contributed by atoms with van der Waals surface area (Å²) in [6.45, 7) is 0. The van der Waals surface area contributed by atoms with Gasteiger partial charge in [0.2, 0.25) is 10.0 Å². The molecule has 112 valence electrons. The molecule has 0 spiro atoms. The first-order valence-corrected chi connectivity index (χ1v) is 9.74. The van der Waals surface area contributed by atoms with Gasteiger partial charge in [0, 0.05) is 17.0 Å². The summed E-state index contributed by atoms with van der Waals surface area (Å²) in [7, 11) is -3.21. The molecule has 0 atom stereocenters. The lowest BCUT2D eigenvalue weighted by molar-refractivity contribution is 0.607. The van der Waals surface area contributed by atoms with Gasteiger partial charge >= 0.3 is 0 Å². The number of hydrogen-bond acceptors (Lipinski definition) is 4. The summed E-state index contributed by atoms with van der Waals surface area (Å²) < 4.78 is 24.8. The van der Waals surface area contributed by atoms with Crippen molar-refractivity contribution in [3.8, 4) is 0 Å². The molecule has 0 bridgehead atoms. The molecule has 21 heavy (non-hydrogen) atoms. The molecule has 0 amide bonds. The molecule has 1 aliphatic carbocycles. The maximum atomic E-state index is 11.2. The fourth-order valence-corrected chi connectivity index (χ4v) is 4.32. The number of nitrogens with zero attached hydrogens (tertiary/aromatic N) is 1. The number of aryl methyl sites for hydroxylation is 2. The predicted octanol–water partition coefficient (Wildman–Crippen LogP) is 2.98. The first-order chi connectivity index (χ1) is 9.99. The minimum atomic E-state index is -3.21. The maximum absolute atomic E-state index is 11.2. The summed E-state index contributed by atoms with van der Waals surface area (Å²) in [5.74, 6) is 0. The highest BCUT2D eigenvalue weighted by Gasteiger charge is 2.15. The number of anilines is 1. The van der Waals surface area contributed by atoms with E-state index in [1.807, 2.05) is 23.5 Å². The zero-order chi connectivity index (χ0) is 14.9. The van der Waals surface area contributed by atoms with E-state index in [2.05, 4.69) is 4.72 Å². The Kier molecular flexibility index (Phi) is 3.99. The van der Waals surface area contributed by atoms with E-state index in [1.54, 1.807) is 12.1 Å². The number of sulfonamides is 1. The van der Waals surface area contributed by atoms with Crippen molar-refractivity contribution < 1.29 is 8.42 Å². The van der Waals surface area contributed by atoms with E-state index in [4.69, 9.17) is 4.98 Å². The van der Waals surface area contributed by atoms with Gasteiger partial charge in [-0.15, -0.1) is 11.3 Å². The van der Waals surface area contributed by atoms with Gasteiger partial charge in [0.25, 0.3) is 0 Å². The van der Waals surface area contributed by atoms with Gasteiger partial charge in [-0.3, -0.25) is 4.72 Å². The smallest absolute Gasteiger partial charge is 0.229 e. The summed E-state index contributed by atoms with van der Waals surface area (Å²) in [4.78, 5) is 6.19. The van der Waals surface area contributed by atoms with Crippen LogP contribution in [0.5, 0.6) is 0 Å². The molecule has 1 aromatic carbocycles. The van der Waals surface area contributed by atoms with Crippen molar-refractivity contribution in [2.75, 3.05) is 11.0 Å². The summed E-state index contributed by atoms with van der Waals surface area (Å²) in [6, 6.07) is 7.50. The minimum Gasteiger partial charge on any atom is -0.284 e. The molecule has 0 fully saturated rings. The standard InChI is InChI=1S/C15H18N2O2S2/c1-21(18,19)17-12-8-6-11(7-9-12)10-15-16-13-4-2-3-5-14(13)20-15/h6-9,17H,2-5,10H2,1H3. The number of rotatable bonds is 4. The Bertz CT molecular complexity index is 710. The largest absolute Gasteiger partial charge is 0.284 e. The van der Waals surface area contributed by atoms with Crippen molar-refractivity contribution in [3.63, 3.8) is 0 Å². The second-order valence-electron chi connectivity index (χ2n) is 5.43. The lowest BCUT2D eigenvalue weighted by Gasteiger charge is -2.06. The predicted molar refractivity (Wildman–Crippen MR) is 86.5 cm³/mol. The molecule has 6 heteroatoms. The highest BCUT2D eigenvalue weighted by molar-refractivity contribution is 7.92. The molecular formula is C15H18N2O2S2. The molecule has 0 saturated carbocycles. The summed E-state index contributed by atoms with van der Waals surface area (Å²) >= 11 is 1.82. The van der Waals surface area contributed by atoms with Crippen LogP contribution in [0.3, 0.4) is 0 Å². The lowest BCUT2D eigenvalue weighted by Crippen LogP contribution is -2.09. The van der Waals surface area contributed by atoms with E-state index in [9.17, 15) is 8.42 Å². The van der Waals surface area contributed by atoms with Gasteiger partial charge in [0.05, 0.1) is 17.0 Å². The fraction of sp³-hybridized carbons (Fsp3) is 0.400. The Labute approximate surface area is 129 Å². The van der Waals surface area contributed by atoms with Crippen LogP contribution in [0.15, 0.2) is 24.3 Å². The van der Waals surface area contributed by atoms with Gasteiger partial charge in [-0.1, -0.05) is 12.1 Å².